The third-order valence-corrected chi connectivity index (χ3v) is 5.98. The van der Waals surface area contributed by atoms with E-state index in [0.29, 0.717) is 24.3 Å². The molecule has 4 nitrogen and oxygen atoms in total. The number of carbonyl (C=O) groups is 1. The SMILES string of the molecule is O=C(CN1CCCC1C1CCCN1Cc1ccccc1)Nc1ccc(F)cc1. The Morgan fingerprint density at radius 2 is 1.57 bits per heavy atom. The third kappa shape index (κ3) is 4.59. The molecule has 0 aromatic heterocycles. The van der Waals surface area contributed by atoms with Gasteiger partial charge in [0.25, 0.3) is 0 Å². The number of anilines is 1. The summed E-state index contributed by atoms with van der Waals surface area (Å²) in [5.41, 5.74) is 2.00. The van der Waals surface area contributed by atoms with Gasteiger partial charge in [-0.3, -0.25) is 14.6 Å². The second-order valence-electron chi connectivity index (χ2n) is 7.90. The maximum absolute atomic E-state index is 13.0. The molecule has 4 rings (SSSR count). The van der Waals surface area contributed by atoms with Gasteiger partial charge in [-0.05, 0) is 68.6 Å². The van der Waals surface area contributed by atoms with Crippen molar-refractivity contribution in [1.82, 2.24) is 9.80 Å². The van der Waals surface area contributed by atoms with Crippen LogP contribution >= 0.6 is 0 Å². The van der Waals surface area contributed by atoms with Gasteiger partial charge in [-0.1, -0.05) is 30.3 Å². The number of likely N-dealkylation sites (tertiary alicyclic amines) is 2. The zero-order chi connectivity index (χ0) is 19.3. The van der Waals surface area contributed by atoms with Gasteiger partial charge >= 0.3 is 0 Å². The Bertz CT molecular complexity index is 780. The van der Waals surface area contributed by atoms with Crippen LogP contribution in [0.3, 0.4) is 0 Å². The molecule has 2 unspecified atom stereocenters. The number of benzene rings is 2. The quantitative estimate of drug-likeness (QED) is 0.825. The first kappa shape index (κ1) is 19.1. The molecule has 2 aromatic rings. The van der Waals surface area contributed by atoms with Crippen molar-refractivity contribution in [2.45, 2.75) is 44.3 Å². The zero-order valence-corrected chi connectivity index (χ0v) is 16.2. The predicted octanol–water partition coefficient (Wildman–Crippen LogP) is 3.89. The minimum Gasteiger partial charge on any atom is -0.325 e. The number of halogens is 1. The summed E-state index contributed by atoms with van der Waals surface area (Å²) in [6, 6.07) is 17.5. The summed E-state index contributed by atoms with van der Waals surface area (Å²) in [6.07, 6.45) is 4.72. The number of hydrogen-bond donors (Lipinski definition) is 1. The number of hydrogen-bond acceptors (Lipinski definition) is 3. The van der Waals surface area contributed by atoms with Gasteiger partial charge in [0.1, 0.15) is 5.82 Å². The predicted molar refractivity (Wildman–Crippen MR) is 109 cm³/mol. The van der Waals surface area contributed by atoms with Crippen molar-refractivity contribution in [2.75, 3.05) is 25.0 Å². The van der Waals surface area contributed by atoms with Crippen LogP contribution in [0.25, 0.3) is 0 Å². The average Bonchev–Trinajstić information content (AvgIpc) is 3.33. The van der Waals surface area contributed by atoms with E-state index in [2.05, 4.69) is 45.4 Å². The van der Waals surface area contributed by atoms with Gasteiger partial charge in [0.05, 0.1) is 6.54 Å². The number of rotatable bonds is 6. The Balaban J connectivity index is 1.37. The van der Waals surface area contributed by atoms with Crippen LogP contribution in [0.2, 0.25) is 0 Å². The molecule has 2 atom stereocenters. The van der Waals surface area contributed by atoms with Crippen LogP contribution in [0.1, 0.15) is 31.2 Å². The van der Waals surface area contributed by atoms with Crippen LogP contribution in [0.4, 0.5) is 10.1 Å². The van der Waals surface area contributed by atoms with E-state index in [-0.39, 0.29) is 11.7 Å². The first-order chi connectivity index (χ1) is 13.7. The lowest BCUT2D eigenvalue weighted by atomic mass is 10.0. The Labute approximate surface area is 166 Å². The van der Waals surface area contributed by atoms with E-state index in [1.54, 1.807) is 12.1 Å². The number of amides is 1. The first-order valence-electron chi connectivity index (χ1n) is 10.3. The molecule has 2 aromatic carbocycles. The van der Waals surface area contributed by atoms with Crippen LogP contribution in [-0.4, -0.2) is 47.4 Å². The van der Waals surface area contributed by atoms with Crippen molar-refractivity contribution in [3.05, 3.63) is 66.0 Å². The maximum atomic E-state index is 13.0. The number of carbonyl (C=O) groups excluding carboxylic acids is 1. The number of nitrogens with one attached hydrogen (secondary N) is 1. The molecule has 5 heteroatoms. The summed E-state index contributed by atoms with van der Waals surface area (Å²) in [5, 5.41) is 2.90. The second-order valence-corrected chi connectivity index (χ2v) is 7.90. The molecule has 2 aliphatic heterocycles. The van der Waals surface area contributed by atoms with E-state index in [4.69, 9.17) is 0 Å². The van der Waals surface area contributed by atoms with E-state index in [1.165, 1.54) is 30.5 Å². The van der Waals surface area contributed by atoms with Crippen LogP contribution in [0.15, 0.2) is 54.6 Å². The summed E-state index contributed by atoms with van der Waals surface area (Å²) in [4.78, 5) is 17.5. The summed E-state index contributed by atoms with van der Waals surface area (Å²) >= 11 is 0. The molecular formula is C23H28FN3O. The molecule has 0 saturated carbocycles. The van der Waals surface area contributed by atoms with Crippen LogP contribution in [0, 0.1) is 5.82 Å². The molecule has 0 spiro atoms. The largest absolute Gasteiger partial charge is 0.325 e. The molecule has 2 aliphatic rings. The maximum Gasteiger partial charge on any atom is 0.238 e. The van der Waals surface area contributed by atoms with Gasteiger partial charge < -0.3 is 5.32 Å². The molecule has 1 amide bonds. The normalized spacial score (nSPS) is 23.2. The molecule has 1 N–H and O–H groups in total. The van der Waals surface area contributed by atoms with Crippen molar-refractivity contribution >= 4 is 11.6 Å². The van der Waals surface area contributed by atoms with Crippen molar-refractivity contribution in [3.63, 3.8) is 0 Å². The van der Waals surface area contributed by atoms with Crippen molar-refractivity contribution in [3.8, 4) is 0 Å². The first-order valence-corrected chi connectivity index (χ1v) is 10.3. The van der Waals surface area contributed by atoms with Gasteiger partial charge in [0, 0.05) is 24.3 Å². The molecule has 2 heterocycles. The molecule has 28 heavy (non-hydrogen) atoms. The molecule has 0 aliphatic carbocycles. The van der Waals surface area contributed by atoms with E-state index in [0.717, 1.165) is 32.5 Å². The van der Waals surface area contributed by atoms with E-state index in [1.807, 2.05) is 0 Å². The number of nitrogens with zero attached hydrogens (tertiary/aromatic N) is 2. The summed E-state index contributed by atoms with van der Waals surface area (Å²) in [5.74, 6) is -0.316. The highest BCUT2D eigenvalue weighted by Gasteiger charge is 2.38. The lowest BCUT2D eigenvalue weighted by molar-refractivity contribution is -0.117. The van der Waals surface area contributed by atoms with Gasteiger partial charge in [0.15, 0.2) is 0 Å². The van der Waals surface area contributed by atoms with Crippen LogP contribution in [-0.2, 0) is 11.3 Å². The molecule has 2 saturated heterocycles. The van der Waals surface area contributed by atoms with Crippen LogP contribution < -0.4 is 5.32 Å². The van der Waals surface area contributed by atoms with Crippen LogP contribution in [0.5, 0.6) is 0 Å². The van der Waals surface area contributed by atoms with Crippen molar-refractivity contribution in [1.29, 1.82) is 0 Å². The Hall–Kier alpha value is -2.24. The highest BCUT2D eigenvalue weighted by molar-refractivity contribution is 5.92. The van der Waals surface area contributed by atoms with Crippen molar-refractivity contribution in [2.24, 2.45) is 0 Å². The zero-order valence-electron chi connectivity index (χ0n) is 16.2. The summed E-state index contributed by atoms with van der Waals surface area (Å²) < 4.78 is 13.0. The monoisotopic (exact) mass is 381 g/mol. The third-order valence-electron chi connectivity index (χ3n) is 5.98. The van der Waals surface area contributed by atoms with E-state index in [9.17, 15) is 9.18 Å². The standard InChI is InChI=1S/C23H28FN3O/c24-19-10-12-20(13-11-19)25-23(28)17-27-15-5-9-22(27)21-8-4-14-26(21)16-18-6-2-1-3-7-18/h1-3,6-7,10-13,21-22H,4-5,8-9,14-17H2,(H,25,28). The summed E-state index contributed by atoms with van der Waals surface area (Å²) in [6.45, 7) is 3.48. The molecular weight excluding hydrogens is 353 g/mol. The Kier molecular flexibility index (Phi) is 6.03. The lowest BCUT2D eigenvalue weighted by Gasteiger charge is -2.34. The highest BCUT2D eigenvalue weighted by Crippen LogP contribution is 2.31. The topological polar surface area (TPSA) is 35.6 Å². The van der Waals surface area contributed by atoms with Crippen molar-refractivity contribution < 1.29 is 9.18 Å². The molecule has 0 radical (unpaired) electrons. The highest BCUT2D eigenvalue weighted by atomic mass is 19.1. The smallest absolute Gasteiger partial charge is 0.238 e. The molecule has 0 bridgehead atoms. The van der Waals surface area contributed by atoms with Gasteiger partial charge in [-0.15, -0.1) is 0 Å². The summed E-state index contributed by atoms with van der Waals surface area (Å²) in [7, 11) is 0. The lowest BCUT2D eigenvalue weighted by Crippen LogP contribution is -2.48. The van der Waals surface area contributed by atoms with Gasteiger partial charge in [-0.2, -0.15) is 0 Å². The average molecular weight is 381 g/mol. The second kappa shape index (κ2) is 8.84. The Morgan fingerprint density at radius 3 is 2.29 bits per heavy atom. The fourth-order valence-corrected chi connectivity index (χ4v) is 4.70. The van der Waals surface area contributed by atoms with E-state index >= 15 is 0 Å². The molecule has 2 fully saturated rings. The van der Waals surface area contributed by atoms with Gasteiger partial charge in [-0.25, -0.2) is 4.39 Å². The molecule has 148 valence electrons. The minimum atomic E-state index is -0.294. The minimum absolute atomic E-state index is 0.0221. The van der Waals surface area contributed by atoms with E-state index < -0.39 is 0 Å². The van der Waals surface area contributed by atoms with Gasteiger partial charge in [0.2, 0.25) is 5.91 Å². The Morgan fingerprint density at radius 1 is 0.929 bits per heavy atom. The fourth-order valence-electron chi connectivity index (χ4n) is 4.70. The fraction of sp³-hybridized carbons (Fsp3) is 0.435.